The van der Waals surface area contributed by atoms with Crippen LogP contribution in [0.3, 0.4) is 0 Å². The first-order valence-corrected chi connectivity index (χ1v) is 15.8. The number of nitrogens with one attached hydrogen (secondary N) is 1. The van der Waals surface area contributed by atoms with Gasteiger partial charge >= 0.3 is 6.01 Å². The average molecular weight is 622 g/mol. The van der Waals surface area contributed by atoms with E-state index in [0.29, 0.717) is 42.3 Å². The fourth-order valence-electron chi connectivity index (χ4n) is 7.60. The highest BCUT2D eigenvalue weighted by Crippen LogP contribution is 2.47. The number of aryl methyl sites for hydroxylation is 1. The van der Waals surface area contributed by atoms with E-state index in [2.05, 4.69) is 42.0 Å². The van der Waals surface area contributed by atoms with Gasteiger partial charge in [0, 0.05) is 44.7 Å². The van der Waals surface area contributed by atoms with Crippen molar-refractivity contribution in [2.75, 3.05) is 43.4 Å². The second-order valence-electron chi connectivity index (χ2n) is 12.7. The lowest BCUT2D eigenvalue weighted by atomic mass is 9.65. The lowest BCUT2D eigenvalue weighted by Gasteiger charge is -2.44. The van der Waals surface area contributed by atoms with Crippen molar-refractivity contribution < 1.29 is 18.7 Å². The molecule has 1 aromatic heterocycles. The maximum atomic E-state index is 14.1. The van der Waals surface area contributed by atoms with E-state index >= 15 is 0 Å². The zero-order valence-electron chi connectivity index (χ0n) is 25.9. The van der Waals surface area contributed by atoms with Crippen LogP contribution in [-0.2, 0) is 40.8 Å². The summed E-state index contributed by atoms with van der Waals surface area (Å²) < 4.78 is 20.4. The van der Waals surface area contributed by atoms with Gasteiger partial charge in [-0.1, -0.05) is 43.0 Å². The third kappa shape index (κ3) is 5.16. The lowest BCUT2D eigenvalue weighted by molar-refractivity contribution is -0.131. The van der Waals surface area contributed by atoms with Crippen LogP contribution < -0.4 is 15.0 Å². The van der Waals surface area contributed by atoms with Gasteiger partial charge in [-0.3, -0.25) is 9.59 Å². The van der Waals surface area contributed by atoms with Crippen molar-refractivity contribution in [3.8, 4) is 17.8 Å². The summed E-state index contributed by atoms with van der Waals surface area (Å²) in [4.78, 5) is 42.1. The van der Waals surface area contributed by atoms with E-state index in [1.807, 2.05) is 35.2 Å². The van der Waals surface area contributed by atoms with Crippen molar-refractivity contribution in [2.45, 2.75) is 56.5 Å². The topological polar surface area (TPSA) is 115 Å². The molecule has 3 aliphatic heterocycles. The van der Waals surface area contributed by atoms with Gasteiger partial charge in [-0.15, -0.1) is 0 Å². The van der Waals surface area contributed by atoms with Crippen molar-refractivity contribution in [3.05, 3.63) is 82.8 Å². The number of anilines is 2. The summed E-state index contributed by atoms with van der Waals surface area (Å²) in [5.41, 5.74) is 4.94. The minimum absolute atomic E-state index is 0.00298. The van der Waals surface area contributed by atoms with Crippen LogP contribution in [0.4, 0.5) is 15.9 Å². The minimum atomic E-state index is -1.06. The SMILES string of the molecule is C=C(F)C(=O)N1CCN(c2nc(Oc3cccc4c3CCN(C)C4)nc3c2NC(=O)C2(CCCc4ccccc42)C3)CC1CC#N. The molecule has 7 rings (SSSR count). The first-order chi connectivity index (χ1) is 22.3. The highest BCUT2D eigenvalue weighted by atomic mass is 19.1. The Morgan fingerprint density at radius 3 is 2.80 bits per heavy atom. The Hall–Kier alpha value is -4.82. The van der Waals surface area contributed by atoms with Gasteiger partial charge in [0.05, 0.1) is 29.6 Å². The molecule has 2 amide bonds. The van der Waals surface area contributed by atoms with Crippen LogP contribution in [0, 0.1) is 11.3 Å². The Labute approximate surface area is 267 Å². The molecule has 236 valence electrons. The van der Waals surface area contributed by atoms with Crippen molar-refractivity contribution in [1.82, 2.24) is 19.8 Å². The summed E-state index contributed by atoms with van der Waals surface area (Å²) in [6, 6.07) is 15.9. The van der Waals surface area contributed by atoms with Gasteiger partial charge in [0.1, 0.15) is 11.4 Å². The summed E-state index contributed by atoms with van der Waals surface area (Å²) in [5.74, 6) is -0.809. The average Bonchev–Trinajstić information content (AvgIpc) is 3.05. The molecule has 1 fully saturated rings. The van der Waals surface area contributed by atoms with Crippen molar-refractivity contribution in [2.24, 2.45) is 0 Å². The molecule has 2 unspecified atom stereocenters. The molecule has 46 heavy (non-hydrogen) atoms. The number of halogens is 1. The molecule has 0 bridgehead atoms. The molecular weight excluding hydrogens is 585 g/mol. The number of likely N-dealkylation sites (N-methyl/N-ethyl adjacent to an activating group) is 1. The number of benzene rings is 2. The highest BCUT2D eigenvalue weighted by Gasteiger charge is 2.48. The van der Waals surface area contributed by atoms with Gasteiger partial charge in [0.2, 0.25) is 5.91 Å². The summed E-state index contributed by atoms with van der Waals surface area (Å²) in [7, 11) is 2.10. The van der Waals surface area contributed by atoms with Gasteiger partial charge in [0.15, 0.2) is 11.6 Å². The fraction of sp³-hybridized carbons (Fsp3) is 0.400. The predicted octanol–water partition coefficient (Wildman–Crippen LogP) is 4.44. The Balaban J connectivity index is 1.31. The number of fused-ring (bicyclic) bond motifs is 4. The van der Waals surface area contributed by atoms with Crippen LogP contribution in [-0.4, -0.2) is 70.9 Å². The van der Waals surface area contributed by atoms with Crippen LogP contribution >= 0.6 is 0 Å². The highest BCUT2D eigenvalue weighted by molar-refractivity contribution is 6.04. The first-order valence-electron chi connectivity index (χ1n) is 15.8. The van der Waals surface area contributed by atoms with Crippen LogP contribution in [0.2, 0.25) is 0 Å². The zero-order chi connectivity index (χ0) is 32.0. The van der Waals surface area contributed by atoms with E-state index in [-0.39, 0.29) is 31.4 Å². The molecule has 4 aliphatic rings. The third-order valence-electron chi connectivity index (χ3n) is 9.89. The van der Waals surface area contributed by atoms with Crippen LogP contribution in [0.1, 0.15) is 47.2 Å². The summed E-state index contributed by atoms with van der Waals surface area (Å²) >= 11 is 0. The number of amides is 2. The smallest absolute Gasteiger partial charge is 0.324 e. The first kappa shape index (κ1) is 29.9. The number of aromatic nitrogens is 2. The van der Waals surface area contributed by atoms with Gasteiger partial charge in [-0.05, 0) is 55.5 Å². The second kappa shape index (κ2) is 11.8. The molecule has 1 N–H and O–H groups in total. The largest absolute Gasteiger partial charge is 0.424 e. The normalized spacial score (nSPS) is 22.3. The van der Waals surface area contributed by atoms with E-state index in [1.54, 1.807) is 0 Å². The fourth-order valence-corrected chi connectivity index (χ4v) is 7.60. The standard InChI is InChI=1S/C35H36FN7O3/c1-22(36)32(44)43-18-17-42(21-25(43)12-15-37)31-30-28(19-35(33(45)39-30)14-6-9-23-7-3-4-10-27(23)35)38-34(40-31)46-29-11-5-8-24-20-41(2)16-13-26(24)29/h3-5,7-8,10-11,25H,1,6,9,12-14,16-21H2,2H3,(H,39,45). The number of nitrogens with zero attached hydrogens (tertiary/aromatic N) is 6. The Kier molecular flexibility index (Phi) is 7.69. The number of nitriles is 1. The number of carbonyl (C=O) groups is 2. The molecule has 10 nitrogen and oxygen atoms in total. The second-order valence-corrected chi connectivity index (χ2v) is 12.7. The van der Waals surface area contributed by atoms with E-state index in [4.69, 9.17) is 14.7 Å². The Bertz CT molecular complexity index is 1790. The van der Waals surface area contributed by atoms with Gasteiger partial charge in [-0.2, -0.15) is 15.2 Å². The summed E-state index contributed by atoms with van der Waals surface area (Å²) in [6.45, 7) is 5.59. The number of hydrogen-bond acceptors (Lipinski definition) is 8. The maximum absolute atomic E-state index is 14.1. The molecule has 3 aromatic rings. The molecule has 1 aliphatic carbocycles. The molecule has 2 aromatic carbocycles. The van der Waals surface area contributed by atoms with E-state index in [1.165, 1.54) is 16.0 Å². The Morgan fingerprint density at radius 2 is 1.98 bits per heavy atom. The summed E-state index contributed by atoms with van der Waals surface area (Å²) in [5, 5.41) is 12.7. The molecule has 1 spiro atoms. The molecule has 11 heteroatoms. The molecular formula is C35H36FN7O3. The lowest BCUT2D eigenvalue weighted by Crippen LogP contribution is -2.56. The molecule has 0 saturated carbocycles. The zero-order valence-corrected chi connectivity index (χ0v) is 25.9. The number of hydrogen-bond donors (Lipinski definition) is 1. The maximum Gasteiger partial charge on any atom is 0.324 e. The third-order valence-corrected chi connectivity index (χ3v) is 9.89. The van der Waals surface area contributed by atoms with E-state index in [0.717, 1.165) is 43.5 Å². The van der Waals surface area contributed by atoms with Crippen molar-refractivity contribution >= 4 is 23.3 Å². The quantitative estimate of drug-likeness (QED) is 0.416. The van der Waals surface area contributed by atoms with Crippen LogP contribution in [0.15, 0.2) is 54.9 Å². The van der Waals surface area contributed by atoms with Gasteiger partial charge < -0.3 is 24.8 Å². The van der Waals surface area contributed by atoms with E-state index < -0.39 is 23.2 Å². The van der Waals surface area contributed by atoms with Crippen molar-refractivity contribution in [1.29, 1.82) is 5.26 Å². The number of ether oxygens (including phenoxy) is 1. The van der Waals surface area contributed by atoms with Crippen molar-refractivity contribution in [3.63, 3.8) is 0 Å². The Morgan fingerprint density at radius 1 is 1.15 bits per heavy atom. The predicted molar refractivity (Wildman–Crippen MR) is 170 cm³/mol. The van der Waals surface area contributed by atoms with Crippen LogP contribution in [0.25, 0.3) is 0 Å². The molecule has 2 atom stereocenters. The van der Waals surface area contributed by atoms with Crippen LogP contribution in [0.5, 0.6) is 11.8 Å². The van der Waals surface area contributed by atoms with E-state index in [9.17, 15) is 19.2 Å². The monoisotopic (exact) mass is 621 g/mol. The van der Waals surface area contributed by atoms with Gasteiger partial charge in [0.25, 0.3) is 5.91 Å². The number of carbonyl (C=O) groups excluding carboxylic acids is 2. The number of rotatable bonds is 5. The van der Waals surface area contributed by atoms with Gasteiger partial charge in [-0.25, -0.2) is 4.39 Å². The molecule has 1 saturated heterocycles. The molecule has 4 heterocycles. The minimum Gasteiger partial charge on any atom is -0.424 e. The molecule has 0 radical (unpaired) electrons. The number of piperazine rings is 1. The summed E-state index contributed by atoms with van der Waals surface area (Å²) in [6.07, 6.45) is 3.73.